The minimum absolute atomic E-state index is 0.0452. The first-order chi connectivity index (χ1) is 9.58. The summed E-state index contributed by atoms with van der Waals surface area (Å²) in [7, 11) is 0. The summed E-state index contributed by atoms with van der Waals surface area (Å²) < 4.78 is 5.22. The normalized spacial score (nSPS) is 21.8. The zero-order valence-corrected chi connectivity index (χ0v) is 11.6. The Kier molecular flexibility index (Phi) is 4.46. The van der Waals surface area contributed by atoms with Gasteiger partial charge in [0.15, 0.2) is 0 Å². The van der Waals surface area contributed by atoms with Crippen molar-refractivity contribution in [1.82, 2.24) is 0 Å². The number of nitriles is 1. The number of nitrogens with zero attached hydrogens (tertiary/aromatic N) is 1. The van der Waals surface area contributed by atoms with Crippen LogP contribution in [0.25, 0.3) is 0 Å². The molecule has 0 saturated heterocycles. The van der Waals surface area contributed by atoms with Crippen LogP contribution in [0.1, 0.15) is 38.2 Å². The van der Waals surface area contributed by atoms with Crippen LogP contribution in [0.2, 0.25) is 0 Å². The highest BCUT2D eigenvalue weighted by molar-refractivity contribution is 5.68. The number of rotatable bonds is 3. The Labute approximate surface area is 118 Å². The Balaban J connectivity index is 1.90. The molecule has 0 spiro atoms. The zero-order valence-electron chi connectivity index (χ0n) is 11.6. The number of hydrogen-bond acceptors (Lipinski definition) is 5. The van der Waals surface area contributed by atoms with Crippen LogP contribution in [-0.2, 0) is 9.53 Å². The fraction of sp³-hybridized carbons (Fsp3) is 0.467. The van der Waals surface area contributed by atoms with E-state index < -0.39 is 0 Å². The molecule has 1 aromatic carbocycles. The number of nitrogen functional groups attached to an aromatic ring is 1. The third-order valence-corrected chi connectivity index (χ3v) is 3.55. The van der Waals surface area contributed by atoms with E-state index in [1.807, 2.05) is 6.07 Å². The Morgan fingerprint density at radius 3 is 2.65 bits per heavy atom. The fourth-order valence-corrected chi connectivity index (χ4v) is 2.54. The van der Waals surface area contributed by atoms with Crippen molar-refractivity contribution in [2.45, 2.75) is 44.8 Å². The van der Waals surface area contributed by atoms with Crippen LogP contribution < -0.4 is 11.1 Å². The van der Waals surface area contributed by atoms with E-state index in [9.17, 15) is 4.79 Å². The summed E-state index contributed by atoms with van der Waals surface area (Å²) in [5.74, 6) is -0.210. The first-order valence-corrected chi connectivity index (χ1v) is 6.82. The molecule has 1 aliphatic rings. The highest BCUT2D eigenvalue weighted by Crippen LogP contribution is 2.27. The fourth-order valence-electron chi connectivity index (χ4n) is 2.54. The highest BCUT2D eigenvalue weighted by atomic mass is 16.5. The molecule has 0 aromatic heterocycles. The second kappa shape index (κ2) is 6.29. The smallest absolute Gasteiger partial charge is 0.302 e. The molecule has 2 rings (SSSR count). The van der Waals surface area contributed by atoms with Gasteiger partial charge in [-0.25, -0.2) is 0 Å². The first kappa shape index (κ1) is 14.2. The molecule has 1 fully saturated rings. The molecule has 0 amide bonds. The lowest BCUT2D eigenvalue weighted by Gasteiger charge is -2.29. The Hall–Kier alpha value is -2.22. The first-order valence-electron chi connectivity index (χ1n) is 6.82. The van der Waals surface area contributed by atoms with Gasteiger partial charge >= 0.3 is 5.97 Å². The number of nitrogens with one attached hydrogen (secondary N) is 1. The van der Waals surface area contributed by atoms with E-state index >= 15 is 0 Å². The van der Waals surface area contributed by atoms with Gasteiger partial charge in [-0.3, -0.25) is 4.79 Å². The average Bonchev–Trinajstić information content (AvgIpc) is 2.42. The maximum absolute atomic E-state index is 10.9. The summed E-state index contributed by atoms with van der Waals surface area (Å²) in [6, 6.07) is 7.66. The summed E-state index contributed by atoms with van der Waals surface area (Å²) >= 11 is 0. The number of anilines is 2. The summed E-state index contributed by atoms with van der Waals surface area (Å²) in [4.78, 5) is 10.9. The lowest BCUT2D eigenvalue weighted by atomic mass is 9.92. The molecular formula is C15H19N3O2. The quantitative estimate of drug-likeness (QED) is 0.652. The SMILES string of the molecule is CC(=O)O[C@H]1CC[C@@H](Nc2ccc(C#N)cc2N)CC1. The van der Waals surface area contributed by atoms with Crippen LogP contribution in [0.4, 0.5) is 11.4 Å². The molecular weight excluding hydrogens is 254 g/mol. The molecule has 1 saturated carbocycles. The maximum Gasteiger partial charge on any atom is 0.302 e. The molecule has 20 heavy (non-hydrogen) atoms. The van der Waals surface area contributed by atoms with E-state index in [1.54, 1.807) is 12.1 Å². The van der Waals surface area contributed by atoms with Gasteiger partial charge in [-0.15, -0.1) is 0 Å². The van der Waals surface area contributed by atoms with Crippen molar-refractivity contribution in [3.05, 3.63) is 23.8 Å². The van der Waals surface area contributed by atoms with Gasteiger partial charge < -0.3 is 15.8 Å². The van der Waals surface area contributed by atoms with Gasteiger partial charge in [-0.05, 0) is 43.9 Å². The Morgan fingerprint density at radius 1 is 1.40 bits per heavy atom. The van der Waals surface area contributed by atoms with Gasteiger partial charge in [0.2, 0.25) is 0 Å². The van der Waals surface area contributed by atoms with Crippen molar-refractivity contribution >= 4 is 17.3 Å². The molecule has 0 bridgehead atoms. The molecule has 1 aliphatic carbocycles. The van der Waals surface area contributed by atoms with Crippen molar-refractivity contribution in [2.24, 2.45) is 0 Å². The second-order valence-electron chi connectivity index (χ2n) is 5.14. The molecule has 1 aromatic rings. The van der Waals surface area contributed by atoms with Gasteiger partial charge in [-0.2, -0.15) is 5.26 Å². The van der Waals surface area contributed by atoms with Crippen molar-refractivity contribution in [3.63, 3.8) is 0 Å². The second-order valence-corrected chi connectivity index (χ2v) is 5.14. The van der Waals surface area contributed by atoms with E-state index in [1.165, 1.54) is 6.92 Å². The number of esters is 1. The predicted octanol–water partition coefficient (Wildman–Crippen LogP) is 2.43. The number of carbonyl (C=O) groups is 1. The summed E-state index contributed by atoms with van der Waals surface area (Å²) in [6.07, 6.45) is 3.67. The minimum atomic E-state index is -0.210. The monoisotopic (exact) mass is 273 g/mol. The topological polar surface area (TPSA) is 88.1 Å². The van der Waals surface area contributed by atoms with E-state index in [-0.39, 0.29) is 12.1 Å². The van der Waals surface area contributed by atoms with Crippen LogP contribution in [0.5, 0.6) is 0 Å². The average molecular weight is 273 g/mol. The molecule has 0 aliphatic heterocycles. The van der Waals surface area contributed by atoms with Gasteiger partial charge in [0.05, 0.1) is 23.0 Å². The summed E-state index contributed by atoms with van der Waals surface area (Å²) in [5.41, 5.74) is 7.94. The largest absolute Gasteiger partial charge is 0.463 e. The third-order valence-electron chi connectivity index (χ3n) is 3.55. The Bertz CT molecular complexity index is 528. The molecule has 106 valence electrons. The van der Waals surface area contributed by atoms with Gasteiger partial charge in [-0.1, -0.05) is 0 Å². The molecule has 0 unspecified atom stereocenters. The zero-order chi connectivity index (χ0) is 14.5. The molecule has 5 nitrogen and oxygen atoms in total. The molecule has 0 radical (unpaired) electrons. The molecule has 5 heteroatoms. The van der Waals surface area contributed by atoms with Gasteiger partial charge in [0, 0.05) is 13.0 Å². The van der Waals surface area contributed by atoms with Crippen LogP contribution >= 0.6 is 0 Å². The van der Waals surface area contributed by atoms with Crippen LogP contribution in [0.3, 0.4) is 0 Å². The summed E-state index contributed by atoms with van der Waals surface area (Å²) in [6.45, 7) is 1.45. The minimum Gasteiger partial charge on any atom is -0.463 e. The lowest BCUT2D eigenvalue weighted by Crippen LogP contribution is -2.30. The van der Waals surface area contributed by atoms with Crippen molar-refractivity contribution < 1.29 is 9.53 Å². The van der Waals surface area contributed by atoms with Crippen LogP contribution in [-0.4, -0.2) is 18.1 Å². The summed E-state index contributed by atoms with van der Waals surface area (Å²) in [5, 5.41) is 12.2. The number of carbonyl (C=O) groups excluding carboxylic acids is 1. The van der Waals surface area contributed by atoms with Gasteiger partial charge in [0.25, 0.3) is 0 Å². The van der Waals surface area contributed by atoms with E-state index in [2.05, 4.69) is 11.4 Å². The number of nitrogens with two attached hydrogens (primary N) is 1. The van der Waals surface area contributed by atoms with Crippen molar-refractivity contribution in [1.29, 1.82) is 5.26 Å². The standard InChI is InChI=1S/C15H19N3O2/c1-10(19)20-13-5-3-12(4-6-13)18-15-7-2-11(9-16)8-14(15)17/h2,7-8,12-13,18H,3-6,17H2,1H3/t12-,13+. The maximum atomic E-state index is 10.9. The van der Waals surface area contributed by atoms with E-state index in [0.717, 1.165) is 31.4 Å². The molecule has 0 heterocycles. The number of benzene rings is 1. The van der Waals surface area contributed by atoms with Crippen molar-refractivity contribution in [2.75, 3.05) is 11.1 Å². The lowest BCUT2D eigenvalue weighted by molar-refractivity contribution is -0.147. The highest BCUT2D eigenvalue weighted by Gasteiger charge is 2.23. The van der Waals surface area contributed by atoms with Crippen LogP contribution in [0.15, 0.2) is 18.2 Å². The number of hydrogen-bond donors (Lipinski definition) is 2. The van der Waals surface area contributed by atoms with E-state index in [0.29, 0.717) is 17.3 Å². The van der Waals surface area contributed by atoms with Crippen molar-refractivity contribution in [3.8, 4) is 6.07 Å². The van der Waals surface area contributed by atoms with Crippen LogP contribution in [0, 0.1) is 11.3 Å². The Morgan fingerprint density at radius 2 is 2.10 bits per heavy atom. The van der Waals surface area contributed by atoms with E-state index in [4.69, 9.17) is 15.7 Å². The predicted molar refractivity (Wildman–Crippen MR) is 77.0 cm³/mol. The third kappa shape index (κ3) is 3.64. The number of ether oxygens (including phenoxy) is 1. The molecule has 0 atom stereocenters. The van der Waals surface area contributed by atoms with Gasteiger partial charge in [0.1, 0.15) is 6.10 Å². The molecule has 3 N–H and O–H groups in total.